The van der Waals surface area contributed by atoms with E-state index in [4.69, 9.17) is 5.41 Å². The van der Waals surface area contributed by atoms with Gasteiger partial charge in [-0.2, -0.15) is 0 Å². The van der Waals surface area contributed by atoms with Crippen molar-refractivity contribution in [2.75, 3.05) is 0 Å². The van der Waals surface area contributed by atoms with Crippen LogP contribution in [0.1, 0.15) is 0 Å². The quantitative estimate of drug-likeness (QED) is 0.383. The van der Waals surface area contributed by atoms with Crippen LogP contribution < -0.4 is 0 Å². The van der Waals surface area contributed by atoms with Gasteiger partial charge in [0, 0.05) is 6.21 Å². The van der Waals surface area contributed by atoms with E-state index in [1.165, 1.54) is 6.08 Å². The highest BCUT2D eigenvalue weighted by molar-refractivity contribution is 5.78. The van der Waals surface area contributed by atoms with Gasteiger partial charge < -0.3 is 5.41 Å². The van der Waals surface area contributed by atoms with Crippen LogP contribution in [0.25, 0.3) is 0 Å². The van der Waals surface area contributed by atoms with Gasteiger partial charge >= 0.3 is 0 Å². The lowest BCUT2D eigenvalue weighted by molar-refractivity contribution is 1.56. The molecular formula is C5H7N. The second kappa shape index (κ2) is 2.39. The summed E-state index contributed by atoms with van der Waals surface area (Å²) in [4.78, 5) is 0. The maximum Gasteiger partial charge on any atom is 0.0244 e. The van der Waals surface area contributed by atoms with Gasteiger partial charge in [-0.25, -0.2) is 0 Å². The predicted molar refractivity (Wildman–Crippen MR) is 28.1 cm³/mol. The second-order valence-electron chi connectivity index (χ2n) is 0.923. The molecule has 0 aromatic carbocycles. The molecule has 0 aliphatic heterocycles. The van der Waals surface area contributed by atoms with E-state index < -0.39 is 0 Å². The van der Waals surface area contributed by atoms with Crippen molar-refractivity contribution in [1.82, 2.24) is 0 Å². The molecule has 6 heavy (non-hydrogen) atoms. The third-order valence-corrected chi connectivity index (χ3v) is 0.448. The number of nitrogens with one attached hydrogen (secondary N) is 1. The van der Waals surface area contributed by atoms with Crippen LogP contribution in [0.3, 0.4) is 0 Å². The second-order valence-corrected chi connectivity index (χ2v) is 0.923. The zero-order valence-electron chi connectivity index (χ0n) is 3.57. The Hall–Kier alpha value is -0.850. The molecule has 0 spiro atoms. The molecule has 0 radical (unpaired) electrons. The first-order chi connectivity index (χ1) is 2.81. The van der Waals surface area contributed by atoms with Crippen molar-refractivity contribution in [3.05, 3.63) is 24.8 Å². The third-order valence-electron chi connectivity index (χ3n) is 0.448. The highest BCUT2D eigenvalue weighted by Gasteiger charge is 1.67. The molecule has 0 heterocycles. The zero-order valence-corrected chi connectivity index (χ0v) is 3.57. The molecule has 0 aromatic rings. The van der Waals surface area contributed by atoms with Crippen LogP contribution in [0, 0.1) is 5.41 Å². The van der Waals surface area contributed by atoms with Crippen molar-refractivity contribution in [2.24, 2.45) is 0 Å². The van der Waals surface area contributed by atoms with E-state index in [1.54, 1.807) is 0 Å². The maximum absolute atomic E-state index is 6.51. The smallest absolute Gasteiger partial charge is 0.0244 e. The fraction of sp³-hybridized carbons (Fsp3) is 0. The highest BCUT2D eigenvalue weighted by Crippen LogP contribution is 1.79. The molecule has 0 saturated carbocycles. The van der Waals surface area contributed by atoms with Crippen LogP contribution in [0.4, 0.5) is 0 Å². The number of hydrogen-bond acceptors (Lipinski definition) is 1. The van der Waals surface area contributed by atoms with Crippen LogP contribution in [0.2, 0.25) is 0 Å². The molecular weight excluding hydrogens is 74.1 g/mol. The largest absolute Gasteiger partial charge is 0.308 e. The van der Waals surface area contributed by atoms with E-state index in [-0.39, 0.29) is 0 Å². The summed E-state index contributed by atoms with van der Waals surface area (Å²) in [6.45, 7) is 6.81. The average molecular weight is 81.1 g/mol. The monoisotopic (exact) mass is 81.1 g/mol. The summed E-state index contributed by atoms with van der Waals surface area (Å²) in [5.74, 6) is 0. The Bertz CT molecular complexity index is 71.9. The summed E-state index contributed by atoms with van der Waals surface area (Å²) < 4.78 is 0. The van der Waals surface area contributed by atoms with E-state index in [0.29, 0.717) is 5.57 Å². The van der Waals surface area contributed by atoms with Crippen LogP contribution in [-0.2, 0) is 0 Å². The lowest BCUT2D eigenvalue weighted by Crippen LogP contribution is -1.67. The van der Waals surface area contributed by atoms with Gasteiger partial charge in [-0.3, -0.25) is 0 Å². The first-order valence-corrected chi connectivity index (χ1v) is 1.63. The molecule has 1 heteroatoms. The van der Waals surface area contributed by atoms with Crippen molar-refractivity contribution in [3.8, 4) is 0 Å². The lowest BCUT2D eigenvalue weighted by atomic mass is 10.3. The normalized spacial score (nSPS) is 6.67. The van der Waals surface area contributed by atoms with Crippen LogP contribution >= 0.6 is 0 Å². The molecule has 1 N–H and O–H groups in total. The molecule has 0 aliphatic rings. The van der Waals surface area contributed by atoms with Crippen molar-refractivity contribution >= 4 is 6.21 Å². The summed E-state index contributed by atoms with van der Waals surface area (Å²) in [6, 6.07) is 0. The molecule has 0 aromatic heterocycles. The number of allylic oxidation sites excluding steroid dienone is 2. The predicted octanol–water partition coefficient (Wildman–Crippen LogP) is 1.38. The molecule has 0 fully saturated rings. The molecule has 1 nitrogen and oxygen atoms in total. The van der Waals surface area contributed by atoms with Gasteiger partial charge in [0.15, 0.2) is 0 Å². The van der Waals surface area contributed by atoms with Crippen molar-refractivity contribution < 1.29 is 0 Å². The SMILES string of the molecule is C=CC(=C)C=N. The number of rotatable bonds is 2. The molecule has 32 valence electrons. The fourth-order valence-electron chi connectivity index (χ4n) is 0.0589. The zero-order chi connectivity index (χ0) is 4.99. The van der Waals surface area contributed by atoms with E-state index >= 15 is 0 Å². The molecule has 0 atom stereocenters. The van der Waals surface area contributed by atoms with Crippen molar-refractivity contribution in [1.29, 1.82) is 5.41 Å². The van der Waals surface area contributed by atoms with Gasteiger partial charge in [0.1, 0.15) is 0 Å². The van der Waals surface area contributed by atoms with Gasteiger partial charge in [0.25, 0.3) is 0 Å². The van der Waals surface area contributed by atoms with Gasteiger partial charge in [-0.15, -0.1) is 0 Å². The lowest BCUT2D eigenvalue weighted by Gasteiger charge is -1.74. The summed E-state index contributed by atoms with van der Waals surface area (Å²) >= 11 is 0. The average Bonchev–Trinajstić information content (AvgIpc) is 1.65. The minimum absolute atomic E-state index is 0.648. The van der Waals surface area contributed by atoms with Gasteiger partial charge in [0.2, 0.25) is 0 Å². The summed E-state index contributed by atoms with van der Waals surface area (Å²) in [5.41, 5.74) is 0.648. The Labute approximate surface area is 37.5 Å². The Morgan fingerprint density at radius 3 is 2.17 bits per heavy atom. The molecule has 0 amide bonds. The van der Waals surface area contributed by atoms with E-state index in [1.807, 2.05) is 0 Å². The first kappa shape index (κ1) is 5.15. The third kappa shape index (κ3) is 1.47. The van der Waals surface area contributed by atoms with Crippen molar-refractivity contribution in [2.45, 2.75) is 0 Å². The molecule has 0 aliphatic carbocycles. The fourth-order valence-corrected chi connectivity index (χ4v) is 0.0589. The van der Waals surface area contributed by atoms with Gasteiger partial charge in [-0.1, -0.05) is 19.2 Å². The maximum atomic E-state index is 6.51. The van der Waals surface area contributed by atoms with E-state index in [2.05, 4.69) is 13.2 Å². The Balaban J connectivity index is 3.52. The Kier molecular flexibility index (Phi) is 2.05. The molecule has 0 rings (SSSR count). The van der Waals surface area contributed by atoms with Crippen LogP contribution in [0.15, 0.2) is 24.8 Å². The summed E-state index contributed by atoms with van der Waals surface area (Å²) in [5, 5.41) is 6.51. The standard InChI is InChI=1S/C5H7N/c1-3-5(2)4-6/h3-4,6H,1-2H2. The minimum atomic E-state index is 0.648. The minimum Gasteiger partial charge on any atom is -0.308 e. The highest BCUT2D eigenvalue weighted by atomic mass is 14.3. The Morgan fingerprint density at radius 1 is 1.67 bits per heavy atom. The molecule has 0 saturated heterocycles. The van der Waals surface area contributed by atoms with Crippen molar-refractivity contribution in [3.63, 3.8) is 0 Å². The summed E-state index contributed by atoms with van der Waals surface area (Å²) in [6.07, 6.45) is 2.69. The van der Waals surface area contributed by atoms with Gasteiger partial charge in [0.05, 0.1) is 0 Å². The number of hydrogen-bond donors (Lipinski definition) is 1. The van der Waals surface area contributed by atoms with Gasteiger partial charge in [-0.05, 0) is 5.57 Å². The molecule has 0 unspecified atom stereocenters. The Morgan fingerprint density at radius 2 is 2.17 bits per heavy atom. The van der Waals surface area contributed by atoms with E-state index in [0.717, 1.165) is 6.21 Å². The first-order valence-electron chi connectivity index (χ1n) is 1.63. The van der Waals surface area contributed by atoms with Crippen LogP contribution in [-0.4, -0.2) is 6.21 Å². The summed E-state index contributed by atoms with van der Waals surface area (Å²) in [7, 11) is 0. The topological polar surface area (TPSA) is 23.9 Å². The van der Waals surface area contributed by atoms with E-state index in [9.17, 15) is 0 Å². The molecule has 0 bridgehead atoms. The van der Waals surface area contributed by atoms with Crippen LogP contribution in [0.5, 0.6) is 0 Å².